The number of carbonyl (C=O) groups is 2. The molecule has 3 rings (SSSR count). The zero-order valence-corrected chi connectivity index (χ0v) is 18.8. The Kier molecular flexibility index (Phi) is 7.10. The van der Waals surface area contributed by atoms with Crippen molar-refractivity contribution in [2.45, 2.75) is 57.1 Å². The van der Waals surface area contributed by atoms with E-state index < -0.39 is 17.7 Å². The first-order chi connectivity index (χ1) is 14.2. The Hall–Kier alpha value is -2.03. The molecule has 164 valence electrons. The number of rotatable bonds is 6. The minimum atomic E-state index is -1.08. The normalized spacial score (nSPS) is 21.9. The van der Waals surface area contributed by atoms with Gasteiger partial charge in [0.05, 0.1) is 0 Å². The molecule has 1 amide bonds. The topological polar surface area (TPSA) is 90.9 Å². The van der Waals surface area contributed by atoms with Crippen molar-refractivity contribution in [1.29, 1.82) is 0 Å². The maximum absolute atomic E-state index is 12.4. The fraction of sp³-hybridized carbons (Fsp3) is 0.545. The van der Waals surface area contributed by atoms with E-state index in [1.807, 2.05) is 7.05 Å². The van der Waals surface area contributed by atoms with Crippen molar-refractivity contribution in [2.24, 2.45) is 0 Å². The highest BCUT2D eigenvalue weighted by atomic mass is 32.2. The first-order valence-electron chi connectivity index (χ1n) is 10.3. The Morgan fingerprint density at radius 3 is 2.60 bits per heavy atom. The van der Waals surface area contributed by atoms with Gasteiger partial charge in [-0.25, -0.2) is 9.59 Å². The lowest BCUT2D eigenvalue weighted by Crippen LogP contribution is -2.36. The van der Waals surface area contributed by atoms with E-state index in [9.17, 15) is 14.7 Å². The summed E-state index contributed by atoms with van der Waals surface area (Å²) in [7, 11) is 1.93. The molecule has 0 aliphatic carbocycles. The lowest BCUT2D eigenvalue weighted by molar-refractivity contribution is -0.134. The number of carboxylic acid groups (broad SMARTS) is 1. The van der Waals surface area contributed by atoms with Crippen LogP contribution in [-0.2, 0) is 16.1 Å². The number of nitrogens with one attached hydrogen (secondary N) is 2. The van der Waals surface area contributed by atoms with Crippen molar-refractivity contribution >= 4 is 23.8 Å². The van der Waals surface area contributed by atoms with E-state index in [0.29, 0.717) is 13.0 Å². The summed E-state index contributed by atoms with van der Waals surface area (Å²) in [5, 5.41) is 16.7. The molecule has 0 unspecified atom stereocenters. The summed E-state index contributed by atoms with van der Waals surface area (Å²) in [6.45, 7) is 7.31. The highest BCUT2D eigenvalue weighted by molar-refractivity contribution is 8.03. The molecule has 0 saturated carbocycles. The summed E-state index contributed by atoms with van der Waals surface area (Å²) in [4.78, 5) is 26.4. The number of aliphatic carboxylic acids is 1. The largest absolute Gasteiger partial charge is 0.477 e. The second-order valence-electron chi connectivity index (χ2n) is 8.67. The minimum absolute atomic E-state index is 0.0640. The van der Waals surface area contributed by atoms with Crippen LogP contribution in [0.5, 0.6) is 0 Å². The monoisotopic (exact) mass is 433 g/mol. The number of carbonyl (C=O) groups excluding carboxylic acids is 1. The Morgan fingerprint density at radius 1 is 1.30 bits per heavy atom. The molecule has 30 heavy (non-hydrogen) atoms. The van der Waals surface area contributed by atoms with Crippen LogP contribution >= 0.6 is 11.8 Å². The van der Waals surface area contributed by atoms with Crippen molar-refractivity contribution in [3.05, 3.63) is 46.0 Å². The van der Waals surface area contributed by atoms with Crippen LogP contribution in [0.15, 0.2) is 34.9 Å². The van der Waals surface area contributed by atoms with Crippen molar-refractivity contribution in [1.82, 2.24) is 15.5 Å². The first kappa shape index (κ1) is 22.7. The van der Waals surface area contributed by atoms with Crippen LogP contribution in [0.1, 0.15) is 50.8 Å². The zero-order chi connectivity index (χ0) is 21.9. The quantitative estimate of drug-likeness (QED) is 0.633. The van der Waals surface area contributed by atoms with Gasteiger partial charge in [0, 0.05) is 35.8 Å². The van der Waals surface area contributed by atoms with E-state index in [4.69, 9.17) is 4.74 Å². The summed E-state index contributed by atoms with van der Waals surface area (Å²) in [6, 6.07) is 8.82. The molecule has 1 fully saturated rings. The summed E-state index contributed by atoms with van der Waals surface area (Å²) in [6.07, 6.45) is 0.865. The van der Waals surface area contributed by atoms with E-state index >= 15 is 0 Å². The number of ether oxygens (including phenoxy) is 1. The van der Waals surface area contributed by atoms with Gasteiger partial charge in [0.15, 0.2) is 0 Å². The van der Waals surface area contributed by atoms with Crippen molar-refractivity contribution in [2.75, 3.05) is 20.1 Å². The van der Waals surface area contributed by atoms with Crippen molar-refractivity contribution < 1.29 is 19.4 Å². The third-order valence-corrected chi connectivity index (χ3v) is 6.45. The lowest BCUT2D eigenvalue weighted by atomic mass is 10.0. The van der Waals surface area contributed by atoms with Gasteiger partial charge in [-0.1, -0.05) is 24.3 Å². The van der Waals surface area contributed by atoms with Gasteiger partial charge in [0.2, 0.25) is 0 Å². The average Bonchev–Trinajstić information content (AvgIpc) is 3.29. The van der Waals surface area contributed by atoms with E-state index in [1.54, 1.807) is 32.5 Å². The second kappa shape index (κ2) is 9.41. The van der Waals surface area contributed by atoms with Crippen molar-refractivity contribution in [3.8, 4) is 0 Å². The molecule has 2 atom stereocenters. The summed E-state index contributed by atoms with van der Waals surface area (Å²) in [5.74, 6) is -1.08. The van der Waals surface area contributed by atoms with Crippen LogP contribution in [0.25, 0.3) is 0 Å². The van der Waals surface area contributed by atoms with E-state index in [0.717, 1.165) is 24.4 Å². The fourth-order valence-corrected chi connectivity index (χ4v) is 5.15. The van der Waals surface area contributed by atoms with Gasteiger partial charge in [-0.05, 0) is 51.8 Å². The second-order valence-corrected chi connectivity index (χ2v) is 10.1. The van der Waals surface area contributed by atoms with Gasteiger partial charge in [-0.2, -0.15) is 0 Å². The number of thioether (sulfide) groups is 1. The molecule has 1 aromatic carbocycles. The first-order valence-corrected chi connectivity index (χ1v) is 11.2. The van der Waals surface area contributed by atoms with Gasteiger partial charge in [0.25, 0.3) is 0 Å². The predicted octanol–water partition coefficient (Wildman–Crippen LogP) is 3.48. The van der Waals surface area contributed by atoms with Crippen LogP contribution in [0, 0.1) is 0 Å². The number of carboxylic acids is 1. The molecule has 1 saturated heterocycles. The maximum Gasteiger partial charge on any atom is 0.415 e. The van der Waals surface area contributed by atoms with Gasteiger partial charge in [0.1, 0.15) is 11.3 Å². The molecule has 0 aromatic heterocycles. The molecule has 0 bridgehead atoms. The van der Waals surface area contributed by atoms with E-state index in [2.05, 4.69) is 34.9 Å². The fourth-order valence-electron chi connectivity index (χ4n) is 3.76. The predicted molar refractivity (Wildman–Crippen MR) is 118 cm³/mol. The molecular formula is C22H31N3O4S. The molecule has 3 N–H and O–H groups in total. The molecule has 0 radical (unpaired) electrons. The number of benzene rings is 1. The standard InChI is InChI=1S/C22H31N3O4S/c1-22(2,3)29-21(28)25-10-9-18(19(25)20(26)27)30-16-11-17(24-13-16)15-7-5-14(6-8-15)12-23-4/h5-8,16-17,23-24H,9-13H2,1-4H3,(H,26,27)/t16-,17-/m0/s1. The van der Waals surface area contributed by atoms with Gasteiger partial charge in [-0.15, -0.1) is 11.8 Å². The molecule has 2 heterocycles. The highest BCUT2D eigenvalue weighted by Gasteiger charge is 2.37. The van der Waals surface area contributed by atoms with Crippen LogP contribution in [0.3, 0.4) is 0 Å². The highest BCUT2D eigenvalue weighted by Crippen LogP contribution is 2.40. The van der Waals surface area contributed by atoms with Gasteiger partial charge >= 0.3 is 12.1 Å². The maximum atomic E-state index is 12.4. The van der Waals surface area contributed by atoms with Crippen LogP contribution in [-0.4, -0.2) is 53.1 Å². The Balaban J connectivity index is 1.66. The number of amides is 1. The van der Waals surface area contributed by atoms with Gasteiger partial charge < -0.3 is 20.5 Å². The SMILES string of the molecule is CNCc1ccc([C@@H]2C[C@H](SC3=C(C(=O)O)N(C(=O)OC(C)(C)C)CC3)CN2)cc1. The smallest absolute Gasteiger partial charge is 0.415 e. The van der Waals surface area contributed by atoms with Crippen LogP contribution in [0.2, 0.25) is 0 Å². The Labute approximate surface area is 182 Å². The molecule has 8 heteroatoms. The summed E-state index contributed by atoms with van der Waals surface area (Å²) in [5.41, 5.74) is 1.89. The number of hydrogen-bond acceptors (Lipinski definition) is 6. The zero-order valence-electron chi connectivity index (χ0n) is 18.0. The molecule has 2 aliphatic heterocycles. The molecule has 2 aliphatic rings. The number of hydrogen-bond donors (Lipinski definition) is 3. The Morgan fingerprint density at radius 2 is 2.00 bits per heavy atom. The minimum Gasteiger partial charge on any atom is -0.477 e. The molecular weight excluding hydrogens is 402 g/mol. The average molecular weight is 434 g/mol. The third kappa shape index (κ3) is 5.56. The lowest BCUT2D eigenvalue weighted by Gasteiger charge is -2.25. The van der Waals surface area contributed by atoms with Crippen molar-refractivity contribution in [3.63, 3.8) is 0 Å². The molecule has 0 spiro atoms. The van der Waals surface area contributed by atoms with Gasteiger partial charge in [-0.3, -0.25) is 4.90 Å². The van der Waals surface area contributed by atoms with E-state index in [1.165, 1.54) is 16.0 Å². The van der Waals surface area contributed by atoms with Crippen LogP contribution < -0.4 is 10.6 Å². The Bertz CT molecular complexity index is 817. The molecule has 7 nitrogen and oxygen atoms in total. The molecule has 1 aromatic rings. The summed E-state index contributed by atoms with van der Waals surface area (Å²) >= 11 is 1.58. The number of nitrogens with zero attached hydrogens (tertiary/aromatic N) is 1. The third-order valence-electron chi connectivity index (χ3n) is 5.08. The van der Waals surface area contributed by atoms with E-state index in [-0.39, 0.29) is 17.0 Å². The van der Waals surface area contributed by atoms with Crippen LogP contribution in [0.4, 0.5) is 4.79 Å². The summed E-state index contributed by atoms with van der Waals surface area (Å²) < 4.78 is 5.39.